The van der Waals surface area contributed by atoms with E-state index in [2.05, 4.69) is 21.2 Å². The van der Waals surface area contributed by atoms with Gasteiger partial charge in [-0.05, 0) is 34.0 Å². The average Bonchev–Trinajstić information content (AvgIpc) is 2.24. The molecule has 1 unspecified atom stereocenters. The van der Waals surface area contributed by atoms with Crippen LogP contribution in [-0.2, 0) is 4.79 Å². The molecular weight excluding hydrogens is 305 g/mol. The second-order valence-corrected chi connectivity index (χ2v) is 4.98. The van der Waals surface area contributed by atoms with E-state index in [1.54, 1.807) is 13.8 Å². The van der Waals surface area contributed by atoms with Gasteiger partial charge in [0.05, 0.1) is 5.56 Å². The van der Waals surface area contributed by atoms with E-state index in [-0.39, 0.29) is 16.0 Å². The van der Waals surface area contributed by atoms with Crippen molar-refractivity contribution in [2.75, 3.05) is 0 Å². The zero-order chi connectivity index (χ0) is 13.9. The molecule has 98 valence electrons. The fraction of sp³-hybridized carbons (Fsp3) is 0.333. The van der Waals surface area contributed by atoms with Gasteiger partial charge in [-0.3, -0.25) is 4.79 Å². The van der Waals surface area contributed by atoms with E-state index < -0.39 is 23.7 Å². The van der Waals surface area contributed by atoms with Crippen molar-refractivity contribution in [2.24, 2.45) is 5.92 Å². The Labute approximate surface area is 112 Å². The summed E-state index contributed by atoms with van der Waals surface area (Å²) in [5, 5.41) is 11.3. The van der Waals surface area contributed by atoms with Crippen LogP contribution < -0.4 is 5.32 Å². The molecule has 0 fully saturated rings. The zero-order valence-corrected chi connectivity index (χ0v) is 11.5. The van der Waals surface area contributed by atoms with Crippen molar-refractivity contribution >= 4 is 27.8 Å². The molecule has 0 aromatic heterocycles. The molecule has 0 bridgehead atoms. The molecule has 0 saturated carbocycles. The molecule has 0 saturated heterocycles. The number of carboxylic acids is 1. The maximum atomic E-state index is 13.5. The van der Waals surface area contributed by atoms with Crippen LogP contribution in [0.15, 0.2) is 22.7 Å². The quantitative estimate of drug-likeness (QED) is 0.896. The lowest BCUT2D eigenvalue weighted by Crippen LogP contribution is -2.44. The molecule has 18 heavy (non-hydrogen) atoms. The number of benzene rings is 1. The second-order valence-electron chi connectivity index (χ2n) is 4.13. The van der Waals surface area contributed by atoms with Gasteiger partial charge in [-0.1, -0.05) is 19.9 Å². The Kier molecular flexibility index (Phi) is 4.84. The highest BCUT2D eigenvalue weighted by Gasteiger charge is 2.26. The van der Waals surface area contributed by atoms with Crippen molar-refractivity contribution in [3.05, 3.63) is 34.1 Å². The number of hydrogen-bond acceptors (Lipinski definition) is 2. The van der Waals surface area contributed by atoms with E-state index in [0.29, 0.717) is 0 Å². The third-order valence-corrected chi connectivity index (χ3v) is 3.07. The van der Waals surface area contributed by atoms with Crippen molar-refractivity contribution < 1.29 is 19.1 Å². The highest BCUT2D eigenvalue weighted by atomic mass is 79.9. The first kappa shape index (κ1) is 14.6. The summed E-state index contributed by atoms with van der Waals surface area (Å²) in [5.41, 5.74) is -0.190. The second kappa shape index (κ2) is 5.95. The highest BCUT2D eigenvalue weighted by Crippen LogP contribution is 2.19. The maximum absolute atomic E-state index is 13.5. The summed E-state index contributed by atoms with van der Waals surface area (Å²) in [6.45, 7) is 3.32. The Bertz CT molecular complexity index is 456. The van der Waals surface area contributed by atoms with Crippen LogP contribution in [0.25, 0.3) is 0 Å². The first-order chi connectivity index (χ1) is 8.34. The third-order valence-electron chi connectivity index (χ3n) is 2.41. The van der Waals surface area contributed by atoms with Gasteiger partial charge in [0, 0.05) is 4.47 Å². The molecule has 4 nitrogen and oxygen atoms in total. The first-order valence-corrected chi connectivity index (χ1v) is 6.11. The van der Waals surface area contributed by atoms with Gasteiger partial charge >= 0.3 is 5.97 Å². The van der Waals surface area contributed by atoms with Crippen molar-refractivity contribution in [3.8, 4) is 0 Å². The molecule has 0 aliphatic heterocycles. The summed E-state index contributed by atoms with van der Waals surface area (Å²) in [7, 11) is 0. The summed E-state index contributed by atoms with van der Waals surface area (Å²) in [4.78, 5) is 22.8. The Balaban J connectivity index is 2.98. The smallest absolute Gasteiger partial charge is 0.326 e. The predicted octanol–water partition coefficient (Wildman–Crippen LogP) is 2.43. The number of hydrogen-bond donors (Lipinski definition) is 2. The molecule has 0 heterocycles. The minimum absolute atomic E-state index is 0.190. The van der Waals surface area contributed by atoms with Gasteiger partial charge in [0.2, 0.25) is 0 Å². The Morgan fingerprint density at radius 1 is 1.39 bits per heavy atom. The largest absolute Gasteiger partial charge is 0.480 e. The van der Waals surface area contributed by atoms with Crippen molar-refractivity contribution in [1.29, 1.82) is 0 Å². The molecule has 0 aliphatic carbocycles. The maximum Gasteiger partial charge on any atom is 0.326 e. The summed E-state index contributed by atoms with van der Waals surface area (Å²) in [6.07, 6.45) is 0. The molecule has 2 N–H and O–H groups in total. The molecule has 1 aromatic carbocycles. The number of halogens is 2. The summed E-state index contributed by atoms with van der Waals surface area (Å²) in [5.74, 6) is -2.89. The molecule has 1 amide bonds. The van der Waals surface area contributed by atoms with Crippen LogP contribution in [0.1, 0.15) is 24.2 Å². The molecule has 1 aromatic rings. The number of carboxylic acid groups (broad SMARTS) is 1. The SMILES string of the molecule is CC(C)C(NC(=O)c1c(F)cccc1Br)C(=O)O. The van der Waals surface area contributed by atoms with E-state index in [0.717, 1.165) is 6.07 Å². The Hall–Kier alpha value is -1.43. The van der Waals surface area contributed by atoms with Gasteiger partial charge in [-0.25, -0.2) is 9.18 Å². The van der Waals surface area contributed by atoms with Crippen LogP contribution in [0, 0.1) is 11.7 Å². The lowest BCUT2D eigenvalue weighted by atomic mass is 10.0. The van der Waals surface area contributed by atoms with Crippen LogP contribution >= 0.6 is 15.9 Å². The van der Waals surface area contributed by atoms with Crippen LogP contribution in [-0.4, -0.2) is 23.0 Å². The van der Waals surface area contributed by atoms with Gasteiger partial charge in [0.15, 0.2) is 0 Å². The Morgan fingerprint density at radius 2 is 2.00 bits per heavy atom. The molecule has 0 radical (unpaired) electrons. The number of amides is 1. The lowest BCUT2D eigenvalue weighted by Gasteiger charge is -2.18. The number of nitrogens with one attached hydrogen (secondary N) is 1. The molecule has 0 aliphatic rings. The van der Waals surface area contributed by atoms with Crippen molar-refractivity contribution in [3.63, 3.8) is 0 Å². The van der Waals surface area contributed by atoms with E-state index in [9.17, 15) is 14.0 Å². The van der Waals surface area contributed by atoms with Crippen LogP contribution in [0.4, 0.5) is 4.39 Å². The van der Waals surface area contributed by atoms with Gasteiger partial charge in [-0.15, -0.1) is 0 Å². The van der Waals surface area contributed by atoms with E-state index in [1.807, 2.05) is 0 Å². The van der Waals surface area contributed by atoms with Gasteiger partial charge in [0.25, 0.3) is 5.91 Å². The van der Waals surface area contributed by atoms with Gasteiger partial charge in [-0.2, -0.15) is 0 Å². The minimum atomic E-state index is -1.15. The minimum Gasteiger partial charge on any atom is -0.480 e. The first-order valence-electron chi connectivity index (χ1n) is 5.32. The molecule has 6 heteroatoms. The van der Waals surface area contributed by atoms with E-state index in [1.165, 1.54) is 12.1 Å². The number of carbonyl (C=O) groups excluding carboxylic acids is 1. The normalized spacial score (nSPS) is 12.3. The summed E-state index contributed by atoms with van der Waals surface area (Å²) >= 11 is 3.06. The van der Waals surface area contributed by atoms with Gasteiger partial charge < -0.3 is 10.4 Å². The van der Waals surface area contributed by atoms with Crippen LogP contribution in [0.2, 0.25) is 0 Å². The molecule has 0 spiro atoms. The number of rotatable bonds is 4. The summed E-state index contributed by atoms with van der Waals surface area (Å²) in [6, 6.07) is 3.06. The van der Waals surface area contributed by atoms with Gasteiger partial charge in [0.1, 0.15) is 11.9 Å². The molecular formula is C12H13BrFNO3. The monoisotopic (exact) mass is 317 g/mol. The lowest BCUT2D eigenvalue weighted by molar-refractivity contribution is -0.140. The van der Waals surface area contributed by atoms with Crippen LogP contribution in [0.3, 0.4) is 0 Å². The average molecular weight is 318 g/mol. The van der Waals surface area contributed by atoms with E-state index >= 15 is 0 Å². The zero-order valence-electron chi connectivity index (χ0n) is 9.91. The predicted molar refractivity (Wildman–Crippen MR) is 67.8 cm³/mol. The van der Waals surface area contributed by atoms with E-state index in [4.69, 9.17) is 5.11 Å². The molecule has 1 atom stereocenters. The molecule has 1 rings (SSSR count). The fourth-order valence-corrected chi connectivity index (χ4v) is 1.96. The third kappa shape index (κ3) is 3.29. The van der Waals surface area contributed by atoms with Crippen LogP contribution in [0.5, 0.6) is 0 Å². The highest BCUT2D eigenvalue weighted by molar-refractivity contribution is 9.10. The Morgan fingerprint density at radius 3 is 2.44 bits per heavy atom. The number of carbonyl (C=O) groups is 2. The summed E-state index contributed by atoms with van der Waals surface area (Å²) < 4.78 is 13.8. The fourth-order valence-electron chi connectivity index (χ4n) is 1.44. The number of aliphatic carboxylic acids is 1. The standard InChI is InChI=1S/C12H13BrFNO3/c1-6(2)10(12(17)18)15-11(16)9-7(13)4-3-5-8(9)14/h3-6,10H,1-2H3,(H,15,16)(H,17,18). The topological polar surface area (TPSA) is 66.4 Å². The van der Waals surface area contributed by atoms with Crippen molar-refractivity contribution in [2.45, 2.75) is 19.9 Å². The van der Waals surface area contributed by atoms with Crippen molar-refractivity contribution in [1.82, 2.24) is 5.32 Å².